The molecule has 2 heterocycles. The highest BCUT2D eigenvalue weighted by Crippen LogP contribution is 2.36. The lowest BCUT2D eigenvalue weighted by molar-refractivity contribution is -0.110. The fourth-order valence-corrected chi connectivity index (χ4v) is 5.17. The number of hydrogen-bond acceptors (Lipinski definition) is 3. The summed E-state index contributed by atoms with van der Waals surface area (Å²) < 4.78 is 41.2. The summed E-state index contributed by atoms with van der Waals surface area (Å²) in [7, 11) is 0. The van der Waals surface area contributed by atoms with Crippen LogP contribution in [0, 0.1) is 0 Å². The van der Waals surface area contributed by atoms with Gasteiger partial charge in [0.15, 0.2) is 0 Å². The van der Waals surface area contributed by atoms with Crippen molar-refractivity contribution in [2.45, 2.75) is 49.7 Å². The first-order valence-electron chi connectivity index (χ1n) is 11.2. The molecule has 178 valence electrons. The van der Waals surface area contributed by atoms with Crippen molar-refractivity contribution in [1.29, 1.82) is 0 Å². The molecule has 32 heavy (non-hydrogen) atoms. The van der Waals surface area contributed by atoms with E-state index in [1.165, 1.54) is 0 Å². The second-order valence-corrected chi connectivity index (χ2v) is 10.0. The molecule has 10 heteroatoms. The van der Waals surface area contributed by atoms with Gasteiger partial charge in [-0.05, 0) is 44.2 Å². The number of nitrogens with zero attached hydrogens (tertiary/aromatic N) is 3. The Hall–Kier alpha value is -1.38. The Morgan fingerprint density at radius 3 is 2.34 bits per heavy atom. The van der Waals surface area contributed by atoms with Gasteiger partial charge in [0.2, 0.25) is 0 Å². The van der Waals surface area contributed by atoms with Crippen LogP contribution in [-0.4, -0.2) is 79.3 Å². The SMILES string of the molecule is O=C(NC1CCC(F)(CCN2CCN(c3cccc(Cl)c3Cl)CC2)CC1)N1CC(F)(F)C1. The lowest BCUT2D eigenvalue weighted by Gasteiger charge is -2.41. The lowest BCUT2D eigenvalue weighted by Crippen LogP contribution is -2.62. The quantitative estimate of drug-likeness (QED) is 0.640. The van der Waals surface area contributed by atoms with E-state index < -0.39 is 30.7 Å². The zero-order valence-corrected chi connectivity index (χ0v) is 19.4. The van der Waals surface area contributed by atoms with Gasteiger partial charge in [-0.1, -0.05) is 29.3 Å². The number of amides is 2. The van der Waals surface area contributed by atoms with E-state index in [9.17, 15) is 13.6 Å². The molecule has 0 bridgehead atoms. The molecule has 0 aromatic heterocycles. The normalized spacial score (nSPS) is 28.3. The minimum atomic E-state index is -2.77. The number of benzene rings is 1. The average Bonchev–Trinajstić information content (AvgIpc) is 2.75. The van der Waals surface area contributed by atoms with Crippen LogP contribution in [0.25, 0.3) is 0 Å². The highest BCUT2D eigenvalue weighted by Gasteiger charge is 2.47. The molecule has 1 aromatic rings. The number of rotatable bonds is 5. The van der Waals surface area contributed by atoms with Crippen LogP contribution in [0.3, 0.4) is 0 Å². The van der Waals surface area contributed by atoms with Crippen LogP contribution in [0.15, 0.2) is 18.2 Å². The first-order chi connectivity index (χ1) is 15.1. The molecule has 1 aromatic carbocycles. The number of piperazine rings is 1. The van der Waals surface area contributed by atoms with Gasteiger partial charge in [0.25, 0.3) is 5.92 Å². The Morgan fingerprint density at radius 2 is 1.72 bits per heavy atom. The molecule has 5 nitrogen and oxygen atoms in total. The number of alkyl halides is 3. The molecule has 2 amide bonds. The summed E-state index contributed by atoms with van der Waals surface area (Å²) in [5.41, 5.74) is -0.304. The van der Waals surface area contributed by atoms with Crippen LogP contribution in [0.5, 0.6) is 0 Å². The van der Waals surface area contributed by atoms with Crippen LogP contribution < -0.4 is 10.2 Å². The van der Waals surface area contributed by atoms with E-state index in [0.29, 0.717) is 48.7 Å². The third-order valence-electron chi connectivity index (χ3n) is 6.86. The molecule has 1 N–H and O–H groups in total. The number of nitrogens with one attached hydrogen (secondary N) is 1. The summed E-state index contributed by atoms with van der Waals surface area (Å²) in [6, 6.07) is 5.01. The monoisotopic (exact) mass is 492 g/mol. The van der Waals surface area contributed by atoms with Crippen LogP contribution >= 0.6 is 23.2 Å². The fraction of sp³-hybridized carbons (Fsp3) is 0.682. The van der Waals surface area contributed by atoms with E-state index in [1.54, 1.807) is 6.07 Å². The summed E-state index contributed by atoms with van der Waals surface area (Å²) >= 11 is 12.5. The molecule has 2 aliphatic heterocycles. The molecule has 4 rings (SSSR count). The molecule has 3 aliphatic rings. The van der Waals surface area contributed by atoms with E-state index >= 15 is 4.39 Å². The van der Waals surface area contributed by atoms with E-state index in [1.807, 2.05) is 12.1 Å². The number of hydrogen-bond donors (Lipinski definition) is 1. The zero-order valence-electron chi connectivity index (χ0n) is 17.9. The predicted octanol–water partition coefficient (Wildman–Crippen LogP) is 4.82. The smallest absolute Gasteiger partial charge is 0.318 e. The summed E-state index contributed by atoms with van der Waals surface area (Å²) in [5, 5.41) is 3.89. The number of anilines is 1. The molecule has 0 radical (unpaired) electrons. The van der Waals surface area contributed by atoms with Crippen molar-refractivity contribution < 1.29 is 18.0 Å². The summed E-state index contributed by atoms with van der Waals surface area (Å²) in [6.07, 6.45) is 2.29. The molecule has 0 atom stereocenters. The topological polar surface area (TPSA) is 38.8 Å². The Balaban J connectivity index is 1.17. The second-order valence-electron chi connectivity index (χ2n) is 9.24. The number of halogens is 5. The Kier molecular flexibility index (Phi) is 7.03. The van der Waals surface area contributed by atoms with Crippen molar-refractivity contribution in [2.24, 2.45) is 0 Å². The van der Waals surface area contributed by atoms with Crippen molar-refractivity contribution in [1.82, 2.24) is 15.1 Å². The molecule has 0 unspecified atom stereocenters. The van der Waals surface area contributed by atoms with E-state index in [2.05, 4.69) is 15.1 Å². The van der Waals surface area contributed by atoms with Crippen molar-refractivity contribution in [2.75, 3.05) is 50.7 Å². The van der Waals surface area contributed by atoms with Crippen molar-refractivity contribution in [3.63, 3.8) is 0 Å². The number of likely N-dealkylation sites (tertiary alicyclic amines) is 1. The number of carbonyl (C=O) groups is 1. The highest BCUT2D eigenvalue weighted by molar-refractivity contribution is 6.43. The lowest BCUT2D eigenvalue weighted by atomic mass is 9.81. The van der Waals surface area contributed by atoms with Gasteiger partial charge >= 0.3 is 6.03 Å². The summed E-state index contributed by atoms with van der Waals surface area (Å²) in [5.74, 6) is -2.77. The Morgan fingerprint density at radius 1 is 1.06 bits per heavy atom. The number of carbonyl (C=O) groups excluding carboxylic acids is 1. The summed E-state index contributed by atoms with van der Waals surface area (Å²) in [4.78, 5) is 17.6. The Bertz CT molecular complexity index is 819. The highest BCUT2D eigenvalue weighted by atomic mass is 35.5. The average molecular weight is 493 g/mol. The van der Waals surface area contributed by atoms with Crippen LogP contribution in [0.2, 0.25) is 10.0 Å². The van der Waals surface area contributed by atoms with E-state index in [0.717, 1.165) is 36.8 Å². The first-order valence-corrected chi connectivity index (χ1v) is 11.9. The van der Waals surface area contributed by atoms with E-state index in [-0.39, 0.29) is 6.04 Å². The largest absolute Gasteiger partial charge is 0.368 e. The molecule has 0 spiro atoms. The minimum absolute atomic E-state index is 0.147. The molecule has 3 fully saturated rings. The van der Waals surface area contributed by atoms with Crippen LogP contribution in [0.4, 0.5) is 23.7 Å². The molecular weight excluding hydrogens is 464 g/mol. The van der Waals surface area contributed by atoms with Crippen molar-refractivity contribution in [3.05, 3.63) is 28.2 Å². The third kappa shape index (κ3) is 5.57. The van der Waals surface area contributed by atoms with Gasteiger partial charge in [-0.25, -0.2) is 18.0 Å². The van der Waals surface area contributed by atoms with Gasteiger partial charge in [0, 0.05) is 38.8 Å². The number of urea groups is 1. The standard InChI is InChI=1S/C22H29Cl2F3N4O/c23-17-2-1-3-18(19(17)24)30-12-10-29(11-13-30)9-8-21(25)6-4-16(5-7-21)28-20(32)31-14-22(26,27)15-31/h1-3,16H,4-15H2,(H,28,32). The zero-order chi connectivity index (χ0) is 22.9. The molecule has 1 saturated carbocycles. The summed E-state index contributed by atoms with van der Waals surface area (Å²) in [6.45, 7) is 2.90. The second kappa shape index (κ2) is 9.47. The fourth-order valence-electron chi connectivity index (χ4n) is 4.76. The molecular formula is C22H29Cl2F3N4O. The van der Waals surface area contributed by atoms with Crippen LogP contribution in [0.1, 0.15) is 32.1 Å². The van der Waals surface area contributed by atoms with Gasteiger partial charge in [0.05, 0.1) is 28.8 Å². The van der Waals surface area contributed by atoms with Gasteiger partial charge in [0.1, 0.15) is 5.67 Å². The third-order valence-corrected chi connectivity index (χ3v) is 7.67. The maximum absolute atomic E-state index is 15.3. The maximum Gasteiger partial charge on any atom is 0.318 e. The first kappa shape index (κ1) is 23.8. The van der Waals surface area contributed by atoms with Crippen molar-refractivity contribution in [3.8, 4) is 0 Å². The predicted molar refractivity (Wildman–Crippen MR) is 121 cm³/mol. The van der Waals surface area contributed by atoms with Crippen LogP contribution in [-0.2, 0) is 0 Å². The van der Waals surface area contributed by atoms with Gasteiger partial charge in [-0.15, -0.1) is 0 Å². The van der Waals surface area contributed by atoms with Gasteiger partial charge in [-0.2, -0.15) is 0 Å². The van der Waals surface area contributed by atoms with Gasteiger partial charge in [-0.3, -0.25) is 4.90 Å². The Labute approximate surface area is 196 Å². The maximum atomic E-state index is 15.3. The molecule has 2 saturated heterocycles. The minimum Gasteiger partial charge on any atom is -0.368 e. The van der Waals surface area contributed by atoms with Crippen molar-refractivity contribution >= 4 is 34.9 Å². The van der Waals surface area contributed by atoms with Gasteiger partial charge < -0.3 is 15.1 Å². The molecule has 1 aliphatic carbocycles. The van der Waals surface area contributed by atoms with E-state index in [4.69, 9.17) is 23.2 Å².